The summed E-state index contributed by atoms with van der Waals surface area (Å²) in [4.78, 5) is 24.2. The van der Waals surface area contributed by atoms with Crippen molar-refractivity contribution in [3.8, 4) is 0 Å². The second-order valence-corrected chi connectivity index (χ2v) is 13.4. The van der Waals surface area contributed by atoms with Crippen LogP contribution in [0.15, 0.2) is 23.8 Å². The second-order valence-electron chi connectivity index (χ2n) is 10.0. The number of esters is 1. The second kappa shape index (κ2) is 7.93. The van der Waals surface area contributed by atoms with Crippen molar-refractivity contribution in [2.75, 3.05) is 11.5 Å². The fourth-order valence-corrected chi connectivity index (χ4v) is 11.1. The molecular formula is C25H35FO3S2. The number of carbonyl (C=O) groups excluding carboxylic acids is 2. The standard InChI is InChI=1S/C25H35FO3S2/c1-6-30-24(31-7-2)13-11-19-20-9-8-17-14-18(28)10-12-22(17,4)25(20,26)21(29-16(3)27)15-23(19,24)5/h10,12,14,19-21H,6-9,11,13,15H2,1-5H3/t19-,20-,21-,22-,23-,25-/m0/s1. The molecule has 4 rings (SSSR count). The first-order chi connectivity index (χ1) is 14.6. The Morgan fingerprint density at radius 3 is 2.48 bits per heavy atom. The molecular weight excluding hydrogens is 431 g/mol. The van der Waals surface area contributed by atoms with Crippen molar-refractivity contribution < 1.29 is 18.7 Å². The molecule has 4 aliphatic carbocycles. The van der Waals surface area contributed by atoms with Crippen LogP contribution < -0.4 is 0 Å². The van der Waals surface area contributed by atoms with E-state index in [9.17, 15) is 9.59 Å². The van der Waals surface area contributed by atoms with E-state index in [4.69, 9.17) is 4.74 Å². The summed E-state index contributed by atoms with van der Waals surface area (Å²) in [6, 6.07) is 0. The lowest BCUT2D eigenvalue weighted by Gasteiger charge is -2.63. The first-order valence-corrected chi connectivity index (χ1v) is 13.6. The lowest BCUT2D eigenvalue weighted by atomic mass is 9.46. The largest absolute Gasteiger partial charge is 0.459 e. The molecule has 172 valence electrons. The Balaban J connectivity index is 1.85. The smallest absolute Gasteiger partial charge is 0.303 e. The summed E-state index contributed by atoms with van der Waals surface area (Å²) in [6.45, 7) is 10.0. The molecule has 0 aromatic carbocycles. The third kappa shape index (κ3) is 3.13. The van der Waals surface area contributed by atoms with Crippen LogP contribution in [0.3, 0.4) is 0 Å². The summed E-state index contributed by atoms with van der Waals surface area (Å²) >= 11 is 4.01. The van der Waals surface area contributed by atoms with Crippen LogP contribution in [0.4, 0.5) is 4.39 Å². The average molecular weight is 467 g/mol. The maximum atomic E-state index is 17.6. The van der Waals surface area contributed by atoms with Crippen LogP contribution in [-0.2, 0) is 14.3 Å². The van der Waals surface area contributed by atoms with E-state index in [0.29, 0.717) is 12.8 Å². The molecule has 0 amide bonds. The first-order valence-electron chi connectivity index (χ1n) is 11.7. The number of fused-ring (bicyclic) bond motifs is 5. The van der Waals surface area contributed by atoms with Gasteiger partial charge in [0, 0.05) is 18.3 Å². The van der Waals surface area contributed by atoms with Gasteiger partial charge in [-0.25, -0.2) is 4.39 Å². The molecule has 6 heteroatoms. The van der Waals surface area contributed by atoms with Crippen molar-refractivity contribution in [3.05, 3.63) is 23.8 Å². The van der Waals surface area contributed by atoms with Gasteiger partial charge in [-0.05, 0) is 74.0 Å². The number of carbonyl (C=O) groups is 2. The summed E-state index contributed by atoms with van der Waals surface area (Å²) in [5, 5.41) is 0. The van der Waals surface area contributed by atoms with Gasteiger partial charge in [-0.15, -0.1) is 23.5 Å². The molecule has 0 saturated heterocycles. The van der Waals surface area contributed by atoms with E-state index in [1.807, 2.05) is 30.4 Å². The summed E-state index contributed by atoms with van der Waals surface area (Å²) in [5.41, 5.74) is -1.87. The van der Waals surface area contributed by atoms with E-state index in [2.05, 4.69) is 20.8 Å². The summed E-state index contributed by atoms with van der Waals surface area (Å²) in [5.74, 6) is 1.60. The van der Waals surface area contributed by atoms with E-state index >= 15 is 4.39 Å². The minimum absolute atomic E-state index is 0.0241. The highest BCUT2D eigenvalue weighted by Crippen LogP contribution is 2.74. The van der Waals surface area contributed by atoms with Crippen molar-refractivity contribution >= 4 is 35.3 Å². The molecule has 0 bridgehead atoms. The van der Waals surface area contributed by atoms with Crippen LogP contribution in [0, 0.1) is 22.7 Å². The topological polar surface area (TPSA) is 43.4 Å². The Bertz CT molecular complexity index is 833. The normalized spacial score (nSPS) is 43.0. The molecule has 3 nitrogen and oxygen atoms in total. The van der Waals surface area contributed by atoms with Crippen LogP contribution in [0.1, 0.15) is 66.7 Å². The van der Waals surface area contributed by atoms with Gasteiger partial charge in [0.2, 0.25) is 0 Å². The van der Waals surface area contributed by atoms with Gasteiger partial charge in [0.25, 0.3) is 0 Å². The number of alkyl halides is 1. The van der Waals surface area contributed by atoms with Crippen LogP contribution in [0.2, 0.25) is 0 Å². The highest BCUT2D eigenvalue weighted by atomic mass is 32.2. The van der Waals surface area contributed by atoms with Crippen molar-refractivity contribution in [1.82, 2.24) is 0 Å². The zero-order valence-corrected chi connectivity index (χ0v) is 21.0. The molecule has 0 spiro atoms. The van der Waals surface area contributed by atoms with Gasteiger partial charge in [0.1, 0.15) is 6.10 Å². The lowest BCUT2D eigenvalue weighted by molar-refractivity contribution is -0.209. The molecule has 6 atom stereocenters. The predicted molar refractivity (Wildman–Crippen MR) is 127 cm³/mol. The Hall–Kier alpha value is -0.750. The van der Waals surface area contributed by atoms with Crippen molar-refractivity contribution in [2.24, 2.45) is 22.7 Å². The molecule has 0 aromatic rings. The van der Waals surface area contributed by atoms with Gasteiger partial charge in [0.15, 0.2) is 11.5 Å². The van der Waals surface area contributed by atoms with E-state index in [1.54, 1.807) is 12.2 Å². The lowest BCUT2D eigenvalue weighted by Crippen LogP contribution is -2.68. The molecule has 0 aliphatic heterocycles. The molecule has 0 unspecified atom stereocenters. The monoisotopic (exact) mass is 466 g/mol. The van der Waals surface area contributed by atoms with Gasteiger partial charge < -0.3 is 4.74 Å². The molecule has 31 heavy (non-hydrogen) atoms. The highest BCUT2D eigenvalue weighted by molar-refractivity contribution is 8.18. The number of halogens is 1. The predicted octanol–water partition coefficient (Wildman–Crippen LogP) is 6.13. The molecule has 0 N–H and O–H groups in total. The molecule has 0 radical (unpaired) electrons. The summed E-state index contributed by atoms with van der Waals surface area (Å²) in [6.07, 6.45) is 8.14. The zero-order chi connectivity index (χ0) is 22.7. The Kier molecular flexibility index (Phi) is 5.99. The summed E-state index contributed by atoms with van der Waals surface area (Å²) < 4.78 is 23.5. The minimum Gasteiger partial charge on any atom is -0.459 e. The maximum Gasteiger partial charge on any atom is 0.303 e. The molecule has 0 heterocycles. The molecule has 4 aliphatic rings. The maximum absolute atomic E-state index is 17.6. The fourth-order valence-electron chi connectivity index (χ4n) is 7.43. The van der Waals surface area contributed by atoms with Gasteiger partial charge in [-0.2, -0.15) is 0 Å². The van der Waals surface area contributed by atoms with E-state index in [0.717, 1.165) is 36.3 Å². The number of allylic oxidation sites excluding steroid dienone is 4. The van der Waals surface area contributed by atoms with Gasteiger partial charge in [0.05, 0.1) is 4.08 Å². The van der Waals surface area contributed by atoms with Crippen LogP contribution in [-0.4, -0.2) is 39.1 Å². The van der Waals surface area contributed by atoms with Crippen molar-refractivity contribution in [1.29, 1.82) is 0 Å². The third-order valence-corrected chi connectivity index (χ3v) is 12.3. The quantitative estimate of drug-likeness (QED) is 0.360. The van der Waals surface area contributed by atoms with Crippen molar-refractivity contribution in [2.45, 2.75) is 82.6 Å². The first kappa shape index (κ1) is 23.4. The Morgan fingerprint density at radius 2 is 1.87 bits per heavy atom. The number of ether oxygens (including phenoxy) is 1. The fraction of sp³-hybridized carbons (Fsp3) is 0.760. The SMILES string of the molecule is CCSC1(SCC)CC[C@H]2[C@@H]3CCC4=CC(=O)C=C[C@]4(C)[C@@]3(F)[C@@H](OC(C)=O)C[C@@]21C. The summed E-state index contributed by atoms with van der Waals surface area (Å²) in [7, 11) is 0. The van der Waals surface area contributed by atoms with E-state index < -0.39 is 23.2 Å². The zero-order valence-electron chi connectivity index (χ0n) is 19.3. The van der Waals surface area contributed by atoms with Gasteiger partial charge in [-0.1, -0.05) is 32.4 Å². The van der Waals surface area contributed by atoms with Gasteiger partial charge in [-0.3, -0.25) is 9.59 Å². The number of hydrogen-bond donors (Lipinski definition) is 0. The molecule has 0 aromatic heterocycles. The average Bonchev–Trinajstić information content (AvgIpc) is 2.96. The van der Waals surface area contributed by atoms with E-state index in [-0.39, 0.29) is 27.1 Å². The molecule has 3 fully saturated rings. The molecule has 3 saturated carbocycles. The highest BCUT2D eigenvalue weighted by Gasteiger charge is 2.74. The Labute approximate surface area is 194 Å². The number of ketones is 1. The van der Waals surface area contributed by atoms with Crippen LogP contribution >= 0.6 is 23.5 Å². The number of hydrogen-bond acceptors (Lipinski definition) is 5. The van der Waals surface area contributed by atoms with E-state index in [1.165, 1.54) is 13.0 Å². The Morgan fingerprint density at radius 1 is 1.19 bits per heavy atom. The minimum atomic E-state index is -1.70. The van der Waals surface area contributed by atoms with Crippen LogP contribution in [0.5, 0.6) is 0 Å². The third-order valence-electron chi connectivity index (χ3n) is 8.72. The number of rotatable bonds is 5. The van der Waals surface area contributed by atoms with Crippen molar-refractivity contribution in [3.63, 3.8) is 0 Å². The van der Waals surface area contributed by atoms with Crippen LogP contribution in [0.25, 0.3) is 0 Å². The van der Waals surface area contributed by atoms with Gasteiger partial charge >= 0.3 is 5.97 Å². The number of thioether (sulfide) groups is 2.